The quantitative estimate of drug-likeness (QED) is 0.392. The number of thioether (sulfide) groups is 1. The maximum atomic E-state index is 12.4. The fraction of sp³-hybridized carbons (Fsp3) is 0.360. The van der Waals surface area contributed by atoms with Gasteiger partial charge in [-0.05, 0) is 49.2 Å². The average molecular weight is 439 g/mol. The molecule has 2 aromatic carbocycles. The monoisotopic (exact) mass is 438 g/mol. The van der Waals surface area contributed by atoms with Gasteiger partial charge in [0.05, 0.1) is 30.2 Å². The molecule has 3 rings (SSSR count). The SMILES string of the molecule is CCCC[NH+](CC)CCCNC(=O)c1ccc(C=C2Sc3ccccc3NC2=O)cc1. The van der Waals surface area contributed by atoms with Crippen LogP contribution >= 0.6 is 11.8 Å². The van der Waals surface area contributed by atoms with Crippen LogP contribution in [0.25, 0.3) is 6.08 Å². The Bertz CT molecular complexity index is 925. The zero-order valence-corrected chi connectivity index (χ0v) is 19.2. The molecule has 2 aromatic rings. The zero-order valence-electron chi connectivity index (χ0n) is 18.4. The summed E-state index contributed by atoms with van der Waals surface area (Å²) in [5, 5.41) is 5.94. The molecule has 1 unspecified atom stereocenters. The molecule has 1 heterocycles. The minimum absolute atomic E-state index is 0.0514. The summed E-state index contributed by atoms with van der Waals surface area (Å²) in [4.78, 5) is 28.0. The van der Waals surface area contributed by atoms with Gasteiger partial charge in [0, 0.05) is 23.4 Å². The van der Waals surface area contributed by atoms with Crippen LogP contribution in [0.1, 0.15) is 49.0 Å². The normalized spacial score (nSPS) is 15.3. The Labute approximate surface area is 189 Å². The van der Waals surface area contributed by atoms with E-state index in [0.717, 1.165) is 35.7 Å². The molecule has 2 amide bonds. The third-order valence-electron chi connectivity index (χ3n) is 5.43. The molecule has 1 atom stereocenters. The van der Waals surface area contributed by atoms with Gasteiger partial charge in [0.15, 0.2) is 0 Å². The highest BCUT2D eigenvalue weighted by atomic mass is 32.2. The Balaban J connectivity index is 1.51. The molecule has 3 N–H and O–H groups in total. The van der Waals surface area contributed by atoms with Crippen LogP contribution in [0.3, 0.4) is 0 Å². The first kappa shape index (κ1) is 23.1. The van der Waals surface area contributed by atoms with Crippen LogP contribution in [0.15, 0.2) is 58.3 Å². The van der Waals surface area contributed by atoms with Crippen molar-refractivity contribution in [3.8, 4) is 0 Å². The van der Waals surface area contributed by atoms with Gasteiger partial charge in [0.25, 0.3) is 11.8 Å². The van der Waals surface area contributed by atoms with Crippen LogP contribution in [0.4, 0.5) is 5.69 Å². The highest BCUT2D eigenvalue weighted by Crippen LogP contribution is 2.38. The number of para-hydroxylation sites is 1. The van der Waals surface area contributed by atoms with Gasteiger partial charge in [0.1, 0.15) is 0 Å². The molecule has 0 saturated carbocycles. The predicted octanol–water partition coefficient (Wildman–Crippen LogP) is 3.60. The van der Waals surface area contributed by atoms with Crippen molar-refractivity contribution >= 4 is 35.3 Å². The number of benzene rings is 2. The van der Waals surface area contributed by atoms with E-state index in [2.05, 4.69) is 24.5 Å². The van der Waals surface area contributed by atoms with Gasteiger partial charge < -0.3 is 15.5 Å². The molecule has 0 spiro atoms. The second-order valence-corrected chi connectivity index (χ2v) is 8.83. The maximum absolute atomic E-state index is 12.4. The fourth-order valence-electron chi connectivity index (χ4n) is 3.53. The minimum Gasteiger partial charge on any atom is -0.352 e. The van der Waals surface area contributed by atoms with Gasteiger partial charge in [0.2, 0.25) is 0 Å². The summed E-state index contributed by atoms with van der Waals surface area (Å²) in [6.07, 6.45) is 5.32. The van der Waals surface area contributed by atoms with Gasteiger partial charge >= 0.3 is 0 Å². The summed E-state index contributed by atoms with van der Waals surface area (Å²) < 4.78 is 0. The van der Waals surface area contributed by atoms with Crippen molar-refractivity contribution in [1.82, 2.24) is 5.32 Å². The molecular formula is C25H32N3O2S+. The summed E-state index contributed by atoms with van der Waals surface area (Å²) in [6.45, 7) is 8.56. The van der Waals surface area contributed by atoms with Crippen molar-refractivity contribution in [1.29, 1.82) is 0 Å². The number of anilines is 1. The molecule has 0 radical (unpaired) electrons. The van der Waals surface area contributed by atoms with E-state index in [1.807, 2.05) is 54.6 Å². The number of amides is 2. The Morgan fingerprint density at radius 1 is 1.06 bits per heavy atom. The molecule has 0 aliphatic carbocycles. The Kier molecular flexibility index (Phi) is 8.74. The van der Waals surface area contributed by atoms with E-state index < -0.39 is 0 Å². The van der Waals surface area contributed by atoms with Crippen molar-refractivity contribution < 1.29 is 14.5 Å². The Hall–Kier alpha value is -2.57. The smallest absolute Gasteiger partial charge is 0.262 e. The Morgan fingerprint density at radius 2 is 1.81 bits per heavy atom. The number of hydrogen-bond donors (Lipinski definition) is 3. The molecular weight excluding hydrogens is 406 g/mol. The van der Waals surface area contributed by atoms with Crippen molar-refractivity contribution in [3.63, 3.8) is 0 Å². The summed E-state index contributed by atoms with van der Waals surface area (Å²) in [7, 11) is 0. The zero-order chi connectivity index (χ0) is 22.1. The van der Waals surface area contributed by atoms with Crippen LogP contribution in [0, 0.1) is 0 Å². The third-order valence-corrected chi connectivity index (χ3v) is 6.53. The van der Waals surface area contributed by atoms with Crippen LogP contribution in [-0.4, -0.2) is 38.0 Å². The molecule has 164 valence electrons. The van der Waals surface area contributed by atoms with Crippen LogP contribution in [-0.2, 0) is 4.79 Å². The van der Waals surface area contributed by atoms with Gasteiger partial charge in [-0.15, -0.1) is 0 Å². The van der Waals surface area contributed by atoms with E-state index in [-0.39, 0.29) is 11.8 Å². The van der Waals surface area contributed by atoms with E-state index >= 15 is 0 Å². The van der Waals surface area contributed by atoms with Crippen molar-refractivity contribution in [3.05, 3.63) is 64.6 Å². The molecule has 0 fully saturated rings. The topological polar surface area (TPSA) is 62.6 Å². The fourth-order valence-corrected chi connectivity index (χ4v) is 4.48. The Morgan fingerprint density at radius 3 is 2.55 bits per heavy atom. The van der Waals surface area contributed by atoms with Gasteiger partial charge in [-0.25, -0.2) is 0 Å². The number of carbonyl (C=O) groups excluding carboxylic acids is 2. The molecule has 1 aliphatic rings. The summed E-state index contributed by atoms with van der Waals surface area (Å²) >= 11 is 1.46. The van der Waals surface area contributed by atoms with Crippen LogP contribution in [0.5, 0.6) is 0 Å². The first-order valence-electron chi connectivity index (χ1n) is 11.1. The highest BCUT2D eigenvalue weighted by Gasteiger charge is 2.20. The second-order valence-electron chi connectivity index (χ2n) is 7.75. The molecule has 0 saturated heterocycles. The van der Waals surface area contributed by atoms with Crippen LogP contribution in [0.2, 0.25) is 0 Å². The van der Waals surface area contributed by atoms with Crippen molar-refractivity contribution in [2.24, 2.45) is 0 Å². The van der Waals surface area contributed by atoms with E-state index in [9.17, 15) is 9.59 Å². The largest absolute Gasteiger partial charge is 0.352 e. The first-order valence-corrected chi connectivity index (χ1v) is 11.9. The van der Waals surface area contributed by atoms with E-state index in [1.165, 1.54) is 31.1 Å². The second kappa shape index (κ2) is 11.7. The van der Waals surface area contributed by atoms with Gasteiger partial charge in [-0.3, -0.25) is 9.59 Å². The van der Waals surface area contributed by atoms with Crippen molar-refractivity contribution in [2.75, 3.05) is 31.5 Å². The lowest BCUT2D eigenvalue weighted by Gasteiger charge is -2.18. The summed E-state index contributed by atoms with van der Waals surface area (Å²) in [5.74, 6) is -0.155. The average Bonchev–Trinajstić information content (AvgIpc) is 2.79. The maximum Gasteiger partial charge on any atom is 0.262 e. The molecule has 5 nitrogen and oxygen atoms in total. The van der Waals surface area contributed by atoms with Crippen LogP contribution < -0.4 is 15.5 Å². The number of carbonyl (C=O) groups is 2. The van der Waals surface area contributed by atoms with E-state index in [4.69, 9.17) is 0 Å². The number of quaternary nitrogens is 1. The first-order chi connectivity index (χ1) is 15.1. The lowest BCUT2D eigenvalue weighted by atomic mass is 10.1. The number of hydrogen-bond acceptors (Lipinski definition) is 3. The highest BCUT2D eigenvalue weighted by molar-refractivity contribution is 8.04. The molecule has 1 aliphatic heterocycles. The number of fused-ring (bicyclic) bond motifs is 1. The van der Waals surface area contributed by atoms with E-state index in [0.29, 0.717) is 17.0 Å². The molecule has 0 aromatic heterocycles. The number of nitrogens with one attached hydrogen (secondary N) is 3. The molecule has 31 heavy (non-hydrogen) atoms. The molecule has 6 heteroatoms. The number of unbranched alkanes of at least 4 members (excludes halogenated alkanes) is 1. The van der Waals surface area contributed by atoms with Gasteiger partial charge in [-0.2, -0.15) is 0 Å². The summed E-state index contributed by atoms with van der Waals surface area (Å²) in [6, 6.07) is 15.1. The predicted molar refractivity (Wildman–Crippen MR) is 128 cm³/mol. The standard InChI is InChI=1S/C25H31N3O2S/c1-3-5-16-28(4-2)17-8-15-26-24(29)20-13-11-19(12-14-20)18-23-25(30)27-21-9-6-7-10-22(21)31-23/h6-7,9-14,18H,3-5,8,15-17H2,1-2H3,(H,26,29)(H,27,30)/p+1. The van der Waals surface area contributed by atoms with E-state index in [1.54, 1.807) is 4.90 Å². The lowest BCUT2D eigenvalue weighted by molar-refractivity contribution is -0.898. The summed E-state index contributed by atoms with van der Waals surface area (Å²) in [5.41, 5.74) is 2.38. The lowest BCUT2D eigenvalue weighted by Crippen LogP contribution is -3.11. The third kappa shape index (κ3) is 6.71. The minimum atomic E-state index is -0.104. The molecule has 0 bridgehead atoms. The van der Waals surface area contributed by atoms with Gasteiger partial charge in [-0.1, -0.05) is 49.4 Å². The number of rotatable bonds is 10. The van der Waals surface area contributed by atoms with Crippen molar-refractivity contribution in [2.45, 2.75) is 38.0 Å².